The number of amides is 1. The van der Waals surface area contributed by atoms with Gasteiger partial charge in [-0.15, -0.1) is 0 Å². The van der Waals surface area contributed by atoms with Crippen LogP contribution in [0.3, 0.4) is 0 Å². The quantitative estimate of drug-likeness (QED) is 0.888. The van der Waals surface area contributed by atoms with E-state index in [1.54, 1.807) is 0 Å². The van der Waals surface area contributed by atoms with Crippen LogP contribution in [0.2, 0.25) is 0 Å². The Morgan fingerprint density at radius 1 is 1.32 bits per heavy atom. The molecule has 22 heavy (non-hydrogen) atoms. The predicted molar refractivity (Wildman–Crippen MR) is 87.9 cm³/mol. The topological polar surface area (TPSA) is 52.6 Å². The molecule has 116 valence electrons. The first-order chi connectivity index (χ1) is 10.7. The van der Waals surface area contributed by atoms with Crippen molar-refractivity contribution < 1.29 is 9.90 Å². The van der Waals surface area contributed by atoms with Gasteiger partial charge in [0.15, 0.2) is 0 Å². The number of carbonyl (C=O) groups excluding carboxylic acids is 1. The summed E-state index contributed by atoms with van der Waals surface area (Å²) in [6.45, 7) is 2.03. The highest BCUT2D eigenvalue weighted by atomic mass is 32.1. The number of rotatable bonds is 5. The van der Waals surface area contributed by atoms with Gasteiger partial charge in [-0.1, -0.05) is 30.3 Å². The van der Waals surface area contributed by atoms with Gasteiger partial charge in [0.25, 0.3) is 5.91 Å². The Bertz CT molecular complexity index is 600. The van der Waals surface area contributed by atoms with E-state index in [-0.39, 0.29) is 18.1 Å². The molecule has 3 rings (SSSR count). The average molecular weight is 316 g/mol. The number of hydrogen-bond acceptors (Lipinski definition) is 4. The molecule has 2 aromatic rings. The van der Waals surface area contributed by atoms with Crippen molar-refractivity contribution >= 4 is 17.2 Å². The van der Waals surface area contributed by atoms with Crippen molar-refractivity contribution in [2.75, 3.05) is 13.1 Å². The third-order valence-electron chi connectivity index (χ3n) is 4.02. The van der Waals surface area contributed by atoms with E-state index in [0.29, 0.717) is 25.1 Å². The molecule has 1 aliphatic heterocycles. The molecule has 1 aromatic heterocycles. The zero-order chi connectivity index (χ0) is 15.4. The number of thiophene rings is 1. The van der Waals surface area contributed by atoms with E-state index in [9.17, 15) is 9.90 Å². The minimum absolute atomic E-state index is 0.0395. The molecule has 4 nitrogen and oxygen atoms in total. The van der Waals surface area contributed by atoms with E-state index < -0.39 is 0 Å². The molecule has 5 heteroatoms. The number of aliphatic hydroxyl groups is 1. The molecule has 0 saturated carbocycles. The number of benzene rings is 1. The second-order valence-electron chi connectivity index (χ2n) is 5.68. The van der Waals surface area contributed by atoms with E-state index in [2.05, 4.69) is 22.3 Å². The summed E-state index contributed by atoms with van der Waals surface area (Å²) in [4.78, 5) is 14.3. The molecule has 0 spiro atoms. The van der Waals surface area contributed by atoms with Gasteiger partial charge < -0.3 is 10.4 Å². The highest BCUT2D eigenvalue weighted by molar-refractivity contribution is 7.08. The Labute approximate surface area is 134 Å². The first-order valence-electron chi connectivity index (χ1n) is 7.49. The first-order valence-corrected chi connectivity index (χ1v) is 8.43. The Hall–Kier alpha value is -1.69. The van der Waals surface area contributed by atoms with E-state index in [4.69, 9.17) is 0 Å². The molecule has 0 bridgehead atoms. The zero-order valence-electron chi connectivity index (χ0n) is 12.3. The second-order valence-corrected chi connectivity index (χ2v) is 6.46. The SMILES string of the molecule is O=C(NCC1CC(O)CN1Cc1ccccc1)c1ccsc1. The number of hydrogen-bond donors (Lipinski definition) is 2. The molecular weight excluding hydrogens is 296 g/mol. The lowest BCUT2D eigenvalue weighted by Crippen LogP contribution is -2.39. The Morgan fingerprint density at radius 3 is 2.86 bits per heavy atom. The van der Waals surface area contributed by atoms with Crippen molar-refractivity contribution in [2.45, 2.75) is 25.1 Å². The van der Waals surface area contributed by atoms with Crippen molar-refractivity contribution in [2.24, 2.45) is 0 Å². The maximum absolute atomic E-state index is 12.0. The Morgan fingerprint density at radius 2 is 2.14 bits per heavy atom. The van der Waals surface area contributed by atoms with E-state index >= 15 is 0 Å². The van der Waals surface area contributed by atoms with Gasteiger partial charge in [0.05, 0.1) is 6.10 Å². The highest BCUT2D eigenvalue weighted by Gasteiger charge is 2.30. The molecule has 1 fully saturated rings. The van der Waals surface area contributed by atoms with Crippen molar-refractivity contribution in [3.63, 3.8) is 0 Å². The standard InChI is InChI=1S/C17H20N2O2S/c20-16-8-15(9-18-17(21)14-6-7-22-12-14)19(11-16)10-13-4-2-1-3-5-13/h1-7,12,15-16,20H,8-11H2,(H,18,21). The van der Waals surface area contributed by atoms with E-state index in [1.165, 1.54) is 16.9 Å². The van der Waals surface area contributed by atoms with Crippen LogP contribution < -0.4 is 5.32 Å². The van der Waals surface area contributed by atoms with Gasteiger partial charge >= 0.3 is 0 Å². The van der Waals surface area contributed by atoms with Crippen LogP contribution in [-0.2, 0) is 6.54 Å². The molecule has 1 amide bonds. The fourth-order valence-electron chi connectivity index (χ4n) is 2.89. The molecule has 2 atom stereocenters. The fraction of sp³-hybridized carbons (Fsp3) is 0.353. The second kappa shape index (κ2) is 7.05. The van der Waals surface area contributed by atoms with Gasteiger partial charge in [-0.3, -0.25) is 9.69 Å². The van der Waals surface area contributed by atoms with Gasteiger partial charge in [-0.2, -0.15) is 11.3 Å². The van der Waals surface area contributed by atoms with Crippen LogP contribution in [0, 0.1) is 0 Å². The summed E-state index contributed by atoms with van der Waals surface area (Å²) in [6.07, 6.45) is 0.392. The normalized spacial score (nSPS) is 21.9. The monoisotopic (exact) mass is 316 g/mol. The summed E-state index contributed by atoms with van der Waals surface area (Å²) in [7, 11) is 0. The number of nitrogens with zero attached hydrogens (tertiary/aromatic N) is 1. The van der Waals surface area contributed by atoms with E-state index in [0.717, 1.165) is 6.54 Å². The molecular formula is C17H20N2O2S. The lowest BCUT2D eigenvalue weighted by atomic mass is 10.1. The molecule has 2 heterocycles. The summed E-state index contributed by atoms with van der Waals surface area (Å²) in [5.74, 6) is -0.0395. The number of nitrogens with one attached hydrogen (secondary N) is 1. The van der Waals surface area contributed by atoms with Gasteiger partial charge in [-0.25, -0.2) is 0 Å². The van der Waals surface area contributed by atoms with Crippen LogP contribution in [0.25, 0.3) is 0 Å². The summed E-state index contributed by atoms with van der Waals surface area (Å²) in [5.41, 5.74) is 1.93. The lowest BCUT2D eigenvalue weighted by Gasteiger charge is -2.24. The largest absolute Gasteiger partial charge is 0.392 e. The zero-order valence-corrected chi connectivity index (χ0v) is 13.1. The number of likely N-dealkylation sites (tertiary alicyclic amines) is 1. The van der Waals surface area contributed by atoms with Crippen molar-refractivity contribution in [3.05, 3.63) is 58.3 Å². The van der Waals surface area contributed by atoms with Crippen LogP contribution in [0.15, 0.2) is 47.2 Å². The smallest absolute Gasteiger partial charge is 0.252 e. The molecule has 0 radical (unpaired) electrons. The third-order valence-corrected chi connectivity index (χ3v) is 4.70. The Kier molecular flexibility index (Phi) is 4.87. The van der Waals surface area contributed by atoms with Gasteiger partial charge in [0, 0.05) is 36.6 Å². The molecule has 1 aliphatic rings. The predicted octanol–water partition coefficient (Wildman–Crippen LogP) is 2.11. The van der Waals surface area contributed by atoms with Gasteiger partial charge in [0.1, 0.15) is 0 Å². The average Bonchev–Trinajstić information content (AvgIpc) is 3.16. The van der Waals surface area contributed by atoms with Crippen molar-refractivity contribution in [1.29, 1.82) is 0 Å². The molecule has 0 aliphatic carbocycles. The number of carbonyl (C=O) groups is 1. The maximum Gasteiger partial charge on any atom is 0.252 e. The lowest BCUT2D eigenvalue weighted by molar-refractivity contribution is 0.0940. The minimum atomic E-state index is -0.313. The minimum Gasteiger partial charge on any atom is -0.392 e. The molecule has 2 unspecified atom stereocenters. The van der Waals surface area contributed by atoms with E-state index in [1.807, 2.05) is 35.0 Å². The summed E-state index contributed by atoms with van der Waals surface area (Å²) >= 11 is 1.52. The molecule has 1 saturated heterocycles. The van der Waals surface area contributed by atoms with Crippen LogP contribution in [0.5, 0.6) is 0 Å². The van der Waals surface area contributed by atoms with Gasteiger partial charge in [0.2, 0.25) is 0 Å². The van der Waals surface area contributed by atoms with Crippen LogP contribution >= 0.6 is 11.3 Å². The van der Waals surface area contributed by atoms with Crippen LogP contribution in [-0.4, -0.2) is 41.1 Å². The maximum atomic E-state index is 12.0. The molecule has 1 aromatic carbocycles. The van der Waals surface area contributed by atoms with Crippen molar-refractivity contribution in [3.8, 4) is 0 Å². The highest BCUT2D eigenvalue weighted by Crippen LogP contribution is 2.20. The van der Waals surface area contributed by atoms with Gasteiger partial charge in [-0.05, 0) is 23.4 Å². The summed E-state index contributed by atoms with van der Waals surface area (Å²) in [6, 6.07) is 12.2. The molecule has 2 N–H and O–H groups in total. The number of β-amino-alcohol motifs (C(OH)–C–C–N with tert-alkyl or cyclic N) is 1. The van der Waals surface area contributed by atoms with Crippen LogP contribution in [0.1, 0.15) is 22.3 Å². The Balaban J connectivity index is 1.58. The summed E-state index contributed by atoms with van der Waals surface area (Å²) < 4.78 is 0. The van der Waals surface area contributed by atoms with Crippen LogP contribution in [0.4, 0.5) is 0 Å². The number of aliphatic hydroxyl groups excluding tert-OH is 1. The first kappa shape index (κ1) is 15.2. The van der Waals surface area contributed by atoms with Crippen molar-refractivity contribution in [1.82, 2.24) is 10.2 Å². The fourth-order valence-corrected chi connectivity index (χ4v) is 3.52. The third kappa shape index (κ3) is 3.74. The summed E-state index contributed by atoms with van der Waals surface area (Å²) in [5, 5.41) is 16.7.